The van der Waals surface area contributed by atoms with E-state index in [4.69, 9.17) is 0 Å². The van der Waals surface area contributed by atoms with Crippen LogP contribution in [0.3, 0.4) is 0 Å². The molecule has 0 spiro atoms. The molecule has 2 rings (SSSR count). The molecule has 0 aromatic heterocycles. The highest BCUT2D eigenvalue weighted by molar-refractivity contribution is 8.12. The highest BCUT2D eigenvalue weighted by Crippen LogP contribution is 2.44. The summed E-state index contributed by atoms with van der Waals surface area (Å²) in [6.07, 6.45) is 3.20. The Morgan fingerprint density at radius 2 is 2.06 bits per heavy atom. The standard InChI is InChI=1S/C14H17NS/c1-4-12-10-14(12)11(2)15-16(3)13-8-6-5-7-9-13/h4-9,12,14-15H,1-3,10H2. The van der Waals surface area contributed by atoms with Gasteiger partial charge in [-0.3, -0.25) is 0 Å². The second kappa shape index (κ2) is 4.71. The Balaban J connectivity index is 1.94. The van der Waals surface area contributed by atoms with Crippen LogP contribution in [0.5, 0.6) is 0 Å². The molecule has 1 saturated carbocycles. The van der Waals surface area contributed by atoms with Crippen LogP contribution in [-0.2, 0) is 0 Å². The predicted octanol–water partition coefficient (Wildman–Crippen LogP) is 3.59. The molecule has 0 bridgehead atoms. The summed E-state index contributed by atoms with van der Waals surface area (Å²) in [4.78, 5) is 1.22. The number of allylic oxidation sites excluding steroid dienone is 2. The van der Waals surface area contributed by atoms with Crippen molar-refractivity contribution >= 4 is 16.5 Å². The SMILES string of the molecule is C=CC1CC1C(=C)NS(=C)c1ccccc1. The number of hydrogen-bond donors (Lipinski definition) is 1. The molecule has 0 amide bonds. The van der Waals surface area contributed by atoms with Crippen LogP contribution in [0.4, 0.5) is 0 Å². The molecule has 0 radical (unpaired) electrons. The maximum atomic E-state index is 4.14. The maximum Gasteiger partial charge on any atom is 0.0203 e. The zero-order valence-corrected chi connectivity index (χ0v) is 10.2. The van der Waals surface area contributed by atoms with E-state index < -0.39 is 0 Å². The van der Waals surface area contributed by atoms with Crippen molar-refractivity contribution in [2.75, 3.05) is 0 Å². The van der Waals surface area contributed by atoms with Gasteiger partial charge in [-0.1, -0.05) is 47.4 Å². The van der Waals surface area contributed by atoms with Gasteiger partial charge in [0.05, 0.1) is 0 Å². The summed E-state index contributed by atoms with van der Waals surface area (Å²) in [5.41, 5.74) is 1.10. The van der Waals surface area contributed by atoms with E-state index in [0.29, 0.717) is 11.8 Å². The minimum Gasteiger partial charge on any atom is -0.336 e. The third kappa shape index (κ3) is 2.45. The molecule has 0 aliphatic heterocycles. The summed E-state index contributed by atoms with van der Waals surface area (Å²) in [5, 5.41) is 0. The lowest BCUT2D eigenvalue weighted by atomic mass is 10.3. The van der Waals surface area contributed by atoms with Gasteiger partial charge in [-0.05, 0) is 24.5 Å². The van der Waals surface area contributed by atoms with Gasteiger partial charge in [-0.15, -0.1) is 6.58 Å². The van der Waals surface area contributed by atoms with Gasteiger partial charge in [0.2, 0.25) is 0 Å². The lowest BCUT2D eigenvalue weighted by Crippen LogP contribution is -2.07. The van der Waals surface area contributed by atoms with Crippen LogP contribution in [-0.4, -0.2) is 5.87 Å². The fourth-order valence-corrected chi connectivity index (χ4v) is 2.82. The van der Waals surface area contributed by atoms with E-state index in [-0.39, 0.29) is 10.7 Å². The molecule has 1 nitrogen and oxygen atoms in total. The van der Waals surface area contributed by atoms with Gasteiger partial charge in [-0.25, -0.2) is 0 Å². The summed E-state index contributed by atoms with van der Waals surface area (Å²) < 4.78 is 3.40. The third-order valence-corrected chi connectivity index (χ3v) is 4.22. The second-order valence-electron chi connectivity index (χ2n) is 4.07. The summed E-state index contributed by atoms with van der Waals surface area (Å²) in [6.45, 7) is 7.90. The Kier molecular flexibility index (Phi) is 3.30. The first-order valence-corrected chi connectivity index (χ1v) is 6.79. The van der Waals surface area contributed by atoms with Crippen LogP contribution in [0, 0.1) is 11.8 Å². The number of hydrogen-bond acceptors (Lipinski definition) is 1. The first-order valence-electron chi connectivity index (χ1n) is 5.39. The van der Waals surface area contributed by atoms with E-state index in [9.17, 15) is 0 Å². The average Bonchev–Trinajstić information content (AvgIpc) is 3.09. The van der Waals surface area contributed by atoms with Crippen molar-refractivity contribution in [1.29, 1.82) is 0 Å². The second-order valence-corrected chi connectivity index (χ2v) is 5.53. The van der Waals surface area contributed by atoms with Crippen LogP contribution >= 0.6 is 10.7 Å². The molecule has 1 N–H and O–H groups in total. The first-order chi connectivity index (χ1) is 7.72. The quantitative estimate of drug-likeness (QED) is 0.603. The normalized spacial score (nSPS) is 24.5. The summed E-state index contributed by atoms with van der Waals surface area (Å²) in [5.74, 6) is 5.33. The summed E-state index contributed by atoms with van der Waals surface area (Å²) in [6, 6.07) is 10.3. The van der Waals surface area contributed by atoms with Gasteiger partial charge in [-0.2, -0.15) is 0 Å². The molecule has 3 atom stereocenters. The topological polar surface area (TPSA) is 12.0 Å². The van der Waals surface area contributed by atoms with Crippen LogP contribution in [0.1, 0.15) is 6.42 Å². The molecule has 1 aliphatic rings. The minimum atomic E-state index is -0.195. The van der Waals surface area contributed by atoms with E-state index in [2.05, 4.69) is 35.9 Å². The third-order valence-electron chi connectivity index (χ3n) is 2.87. The lowest BCUT2D eigenvalue weighted by molar-refractivity contribution is 0.886. The fraction of sp³-hybridized carbons (Fsp3) is 0.214. The molecule has 0 heterocycles. The number of benzene rings is 1. The zero-order valence-electron chi connectivity index (χ0n) is 9.36. The van der Waals surface area contributed by atoms with Gasteiger partial charge in [0.1, 0.15) is 0 Å². The molecular formula is C14H17NS. The molecule has 84 valence electrons. The maximum absolute atomic E-state index is 4.14. The van der Waals surface area contributed by atoms with Crippen molar-refractivity contribution in [3.63, 3.8) is 0 Å². The molecule has 1 aromatic rings. The molecule has 2 heteroatoms. The first kappa shape index (κ1) is 11.2. The van der Waals surface area contributed by atoms with Crippen molar-refractivity contribution in [2.45, 2.75) is 11.3 Å². The van der Waals surface area contributed by atoms with Crippen molar-refractivity contribution in [1.82, 2.24) is 4.72 Å². The van der Waals surface area contributed by atoms with Gasteiger partial charge in [0.15, 0.2) is 0 Å². The van der Waals surface area contributed by atoms with Crippen LogP contribution in [0.25, 0.3) is 0 Å². The summed E-state index contributed by atoms with van der Waals surface area (Å²) >= 11 is 0. The minimum absolute atomic E-state index is 0.195. The lowest BCUT2D eigenvalue weighted by Gasteiger charge is -2.13. The Bertz CT molecular complexity index is 422. The highest BCUT2D eigenvalue weighted by Gasteiger charge is 2.36. The number of rotatable bonds is 5. The molecule has 16 heavy (non-hydrogen) atoms. The molecule has 1 fully saturated rings. The molecule has 1 aliphatic carbocycles. The molecular weight excluding hydrogens is 214 g/mol. The largest absolute Gasteiger partial charge is 0.336 e. The van der Waals surface area contributed by atoms with E-state index >= 15 is 0 Å². The average molecular weight is 231 g/mol. The van der Waals surface area contributed by atoms with E-state index in [1.165, 1.54) is 11.3 Å². The van der Waals surface area contributed by atoms with Crippen molar-refractivity contribution in [2.24, 2.45) is 11.8 Å². The smallest absolute Gasteiger partial charge is 0.0203 e. The van der Waals surface area contributed by atoms with Gasteiger partial charge >= 0.3 is 0 Å². The number of nitrogens with one attached hydrogen (secondary N) is 1. The predicted molar refractivity (Wildman–Crippen MR) is 73.5 cm³/mol. The fourth-order valence-electron chi connectivity index (χ4n) is 1.75. The Morgan fingerprint density at radius 3 is 2.62 bits per heavy atom. The Labute approximate surface area is 99.9 Å². The van der Waals surface area contributed by atoms with Crippen LogP contribution in [0.15, 0.2) is 60.2 Å². The molecule has 0 saturated heterocycles. The Hall–Kier alpha value is -1.28. The monoisotopic (exact) mass is 231 g/mol. The zero-order chi connectivity index (χ0) is 11.5. The van der Waals surface area contributed by atoms with E-state index in [1.54, 1.807) is 0 Å². The van der Waals surface area contributed by atoms with Gasteiger partial charge < -0.3 is 4.72 Å². The van der Waals surface area contributed by atoms with Crippen molar-refractivity contribution in [3.05, 3.63) is 55.3 Å². The molecule has 3 unspecified atom stereocenters. The van der Waals surface area contributed by atoms with Crippen molar-refractivity contribution < 1.29 is 0 Å². The van der Waals surface area contributed by atoms with E-state index in [0.717, 1.165) is 5.70 Å². The van der Waals surface area contributed by atoms with Gasteiger partial charge in [0.25, 0.3) is 0 Å². The highest BCUT2D eigenvalue weighted by atomic mass is 32.2. The Morgan fingerprint density at radius 1 is 1.38 bits per heavy atom. The van der Waals surface area contributed by atoms with Crippen LogP contribution < -0.4 is 4.72 Å². The molecule has 1 aromatic carbocycles. The van der Waals surface area contributed by atoms with Gasteiger partial charge in [0, 0.05) is 16.5 Å². The van der Waals surface area contributed by atoms with Crippen molar-refractivity contribution in [3.8, 4) is 0 Å². The van der Waals surface area contributed by atoms with E-state index in [1.807, 2.05) is 24.3 Å². The summed E-state index contributed by atoms with van der Waals surface area (Å²) in [7, 11) is -0.195. The van der Waals surface area contributed by atoms with Crippen LogP contribution in [0.2, 0.25) is 0 Å².